The van der Waals surface area contributed by atoms with E-state index in [0.717, 1.165) is 38.5 Å². The highest BCUT2D eigenvalue weighted by atomic mass is 16.5. The zero-order valence-corrected chi connectivity index (χ0v) is 15.5. The number of benzene rings is 1. The summed E-state index contributed by atoms with van der Waals surface area (Å²) in [6.45, 7) is 13.1. The van der Waals surface area contributed by atoms with E-state index in [9.17, 15) is 4.79 Å². The average molecular weight is 333 g/mol. The Morgan fingerprint density at radius 3 is 2.25 bits per heavy atom. The highest BCUT2D eigenvalue weighted by Gasteiger charge is 2.19. The highest BCUT2D eigenvalue weighted by Crippen LogP contribution is 2.16. The van der Waals surface area contributed by atoms with Crippen LogP contribution >= 0.6 is 0 Å². The molecule has 0 atom stereocenters. The fourth-order valence-corrected chi connectivity index (χ4v) is 3.02. The first-order chi connectivity index (χ1) is 11.5. The van der Waals surface area contributed by atoms with Gasteiger partial charge in [-0.3, -0.25) is 9.69 Å². The molecule has 1 amide bonds. The number of rotatable bonds is 7. The van der Waals surface area contributed by atoms with Crippen molar-refractivity contribution < 1.29 is 9.53 Å². The van der Waals surface area contributed by atoms with Crippen molar-refractivity contribution in [2.24, 2.45) is 0 Å². The summed E-state index contributed by atoms with van der Waals surface area (Å²) in [6.07, 6.45) is 0. The molecule has 2 rings (SSSR count). The largest absolute Gasteiger partial charge is 0.492 e. The summed E-state index contributed by atoms with van der Waals surface area (Å²) in [5, 5.41) is 0. The minimum Gasteiger partial charge on any atom is -0.492 e. The number of amides is 1. The van der Waals surface area contributed by atoms with Crippen LogP contribution in [0.3, 0.4) is 0 Å². The molecule has 1 saturated heterocycles. The molecule has 0 aromatic heterocycles. The normalized spacial score (nSPS) is 16.2. The van der Waals surface area contributed by atoms with Crippen LogP contribution in [0, 0.1) is 13.8 Å². The van der Waals surface area contributed by atoms with E-state index in [1.807, 2.05) is 19.2 Å². The molecule has 5 heteroatoms. The molecule has 5 nitrogen and oxygen atoms in total. The van der Waals surface area contributed by atoms with Crippen LogP contribution in [-0.4, -0.2) is 80.1 Å². The summed E-state index contributed by atoms with van der Waals surface area (Å²) < 4.78 is 5.79. The topological polar surface area (TPSA) is 36.0 Å². The Kier molecular flexibility index (Phi) is 7.06. The quantitative estimate of drug-likeness (QED) is 0.762. The van der Waals surface area contributed by atoms with Gasteiger partial charge in [-0.1, -0.05) is 13.0 Å². The average Bonchev–Trinajstić information content (AvgIpc) is 2.54. The lowest BCUT2D eigenvalue weighted by Crippen LogP contribution is -2.49. The van der Waals surface area contributed by atoms with E-state index in [1.54, 1.807) is 4.90 Å². The van der Waals surface area contributed by atoms with Gasteiger partial charge in [0.05, 0.1) is 13.1 Å². The monoisotopic (exact) mass is 333 g/mol. The number of carbonyl (C=O) groups is 1. The second-order valence-electron chi connectivity index (χ2n) is 6.70. The fourth-order valence-electron chi connectivity index (χ4n) is 3.02. The van der Waals surface area contributed by atoms with Gasteiger partial charge in [0.2, 0.25) is 5.91 Å². The molecule has 24 heavy (non-hydrogen) atoms. The molecule has 0 unspecified atom stereocenters. The standard InChI is InChI=1S/C19H31N3O2/c1-5-21-6-8-22(9-7-21)15-19(23)20(4)10-11-24-18-13-16(2)12-17(3)14-18/h12-14H,5-11,15H2,1-4H3. The van der Waals surface area contributed by atoms with Gasteiger partial charge in [-0.15, -0.1) is 0 Å². The minimum absolute atomic E-state index is 0.170. The third kappa shape index (κ3) is 5.80. The summed E-state index contributed by atoms with van der Waals surface area (Å²) >= 11 is 0. The van der Waals surface area contributed by atoms with Gasteiger partial charge in [0.1, 0.15) is 12.4 Å². The number of nitrogens with zero attached hydrogens (tertiary/aromatic N) is 3. The Hall–Kier alpha value is -1.59. The van der Waals surface area contributed by atoms with E-state index in [0.29, 0.717) is 19.7 Å². The molecule has 0 N–H and O–H groups in total. The Labute approximate surface area is 146 Å². The number of likely N-dealkylation sites (N-methyl/N-ethyl adjacent to an activating group) is 2. The maximum atomic E-state index is 12.3. The second kappa shape index (κ2) is 9.04. The Morgan fingerprint density at radius 2 is 1.67 bits per heavy atom. The summed E-state index contributed by atoms with van der Waals surface area (Å²) in [6, 6.07) is 6.19. The Bertz CT molecular complexity index is 519. The van der Waals surface area contributed by atoms with Gasteiger partial charge < -0.3 is 14.5 Å². The molecule has 0 spiro atoms. The predicted octanol–water partition coefficient (Wildman–Crippen LogP) is 1.78. The third-order valence-electron chi connectivity index (χ3n) is 4.59. The SMILES string of the molecule is CCN1CCN(CC(=O)N(C)CCOc2cc(C)cc(C)c2)CC1. The molecule has 0 aliphatic carbocycles. The zero-order chi connectivity index (χ0) is 17.5. The van der Waals surface area contributed by atoms with E-state index in [4.69, 9.17) is 4.74 Å². The van der Waals surface area contributed by atoms with Crippen LogP contribution in [0.5, 0.6) is 5.75 Å². The van der Waals surface area contributed by atoms with Gasteiger partial charge >= 0.3 is 0 Å². The number of ether oxygens (including phenoxy) is 1. The molecule has 1 aromatic rings. The molecular weight excluding hydrogens is 302 g/mol. The summed E-state index contributed by atoms with van der Waals surface area (Å²) in [4.78, 5) is 18.8. The molecule has 1 aliphatic heterocycles. The molecular formula is C19H31N3O2. The molecule has 0 radical (unpaired) electrons. The first-order valence-electron chi connectivity index (χ1n) is 8.87. The minimum atomic E-state index is 0.170. The number of hydrogen-bond acceptors (Lipinski definition) is 4. The van der Waals surface area contributed by atoms with Crippen molar-refractivity contribution in [3.05, 3.63) is 29.3 Å². The second-order valence-corrected chi connectivity index (χ2v) is 6.70. The number of hydrogen-bond donors (Lipinski definition) is 0. The smallest absolute Gasteiger partial charge is 0.236 e. The zero-order valence-electron chi connectivity index (χ0n) is 15.5. The van der Waals surface area contributed by atoms with Crippen molar-refractivity contribution >= 4 is 5.91 Å². The number of aryl methyl sites for hydroxylation is 2. The predicted molar refractivity (Wildman–Crippen MR) is 97.6 cm³/mol. The van der Waals surface area contributed by atoms with Crippen molar-refractivity contribution in [3.8, 4) is 5.75 Å². The van der Waals surface area contributed by atoms with Gasteiger partial charge in [-0.05, 0) is 43.7 Å². The lowest BCUT2D eigenvalue weighted by molar-refractivity contribution is -0.131. The van der Waals surface area contributed by atoms with Crippen LogP contribution in [0.25, 0.3) is 0 Å². The Balaban J connectivity index is 1.70. The van der Waals surface area contributed by atoms with Crippen molar-refractivity contribution in [1.29, 1.82) is 0 Å². The van der Waals surface area contributed by atoms with Crippen LogP contribution in [0.2, 0.25) is 0 Å². The van der Waals surface area contributed by atoms with Gasteiger partial charge in [-0.2, -0.15) is 0 Å². The number of carbonyl (C=O) groups excluding carboxylic acids is 1. The fraction of sp³-hybridized carbons (Fsp3) is 0.632. The van der Waals surface area contributed by atoms with Crippen molar-refractivity contribution in [1.82, 2.24) is 14.7 Å². The lowest BCUT2D eigenvalue weighted by atomic mass is 10.1. The van der Waals surface area contributed by atoms with E-state index >= 15 is 0 Å². The maximum absolute atomic E-state index is 12.3. The van der Waals surface area contributed by atoms with Gasteiger partial charge in [-0.25, -0.2) is 0 Å². The van der Waals surface area contributed by atoms with E-state index in [-0.39, 0.29) is 5.91 Å². The summed E-state index contributed by atoms with van der Waals surface area (Å²) in [7, 11) is 1.86. The van der Waals surface area contributed by atoms with Crippen LogP contribution in [-0.2, 0) is 4.79 Å². The van der Waals surface area contributed by atoms with E-state index in [1.165, 1.54) is 11.1 Å². The lowest BCUT2D eigenvalue weighted by Gasteiger charge is -2.34. The molecule has 134 valence electrons. The Morgan fingerprint density at radius 1 is 1.08 bits per heavy atom. The highest BCUT2D eigenvalue weighted by molar-refractivity contribution is 5.78. The van der Waals surface area contributed by atoms with E-state index < -0.39 is 0 Å². The maximum Gasteiger partial charge on any atom is 0.236 e. The van der Waals surface area contributed by atoms with Crippen molar-refractivity contribution in [2.45, 2.75) is 20.8 Å². The van der Waals surface area contributed by atoms with E-state index in [2.05, 4.69) is 36.6 Å². The van der Waals surface area contributed by atoms with Crippen LogP contribution in [0.15, 0.2) is 18.2 Å². The summed E-state index contributed by atoms with van der Waals surface area (Å²) in [5.41, 5.74) is 2.39. The first-order valence-corrected chi connectivity index (χ1v) is 8.87. The van der Waals surface area contributed by atoms with Crippen LogP contribution in [0.1, 0.15) is 18.1 Å². The molecule has 1 fully saturated rings. The van der Waals surface area contributed by atoms with Gasteiger partial charge in [0.15, 0.2) is 0 Å². The number of piperazine rings is 1. The molecule has 0 bridgehead atoms. The van der Waals surface area contributed by atoms with Crippen LogP contribution < -0.4 is 4.74 Å². The molecule has 1 aliphatic rings. The summed E-state index contributed by atoms with van der Waals surface area (Å²) in [5.74, 6) is 1.05. The van der Waals surface area contributed by atoms with Crippen molar-refractivity contribution in [2.75, 3.05) is 59.5 Å². The molecule has 1 aromatic carbocycles. The third-order valence-corrected chi connectivity index (χ3v) is 4.59. The molecule has 0 saturated carbocycles. The first kappa shape index (κ1) is 18.7. The molecule has 1 heterocycles. The van der Waals surface area contributed by atoms with Crippen molar-refractivity contribution in [3.63, 3.8) is 0 Å². The van der Waals surface area contributed by atoms with Gasteiger partial charge in [0, 0.05) is 33.2 Å². The van der Waals surface area contributed by atoms with Crippen LogP contribution in [0.4, 0.5) is 0 Å². The van der Waals surface area contributed by atoms with Gasteiger partial charge in [0.25, 0.3) is 0 Å².